The van der Waals surface area contributed by atoms with E-state index < -0.39 is 0 Å². The Kier molecular flexibility index (Phi) is 3.15. The maximum atomic E-state index is 12.3. The quantitative estimate of drug-likeness (QED) is 0.775. The van der Waals surface area contributed by atoms with E-state index in [0.717, 1.165) is 13.1 Å². The van der Waals surface area contributed by atoms with Gasteiger partial charge in [-0.15, -0.1) is 0 Å². The molecular weight excluding hydrogens is 213 g/mol. The van der Waals surface area contributed by atoms with Crippen molar-refractivity contribution in [2.24, 2.45) is 0 Å². The number of fused-ring (bicyclic) bond motifs is 3. The summed E-state index contributed by atoms with van der Waals surface area (Å²) in [7, 11) is 0. The van der Waals surface area contributed by atoms with Gasteiger partial charge >= 0.3 is 0 Å². The van der Waals surface area contributed by atoms with Crippen LogP contribution >= 0.6 is 0 Å². The average molecular weight is 233 g/mol. The lowest BCUT2D eigenvalue weighted by Crippen LogP contribution is -2.35. The van der Waals surface area contributed by atoms with Crippen molar-refractivity contribution >= 4 is 0 Å². The van der Waals surface area contributed by atoms with Gasteiger partial charge in [0.2, 0.25) is 0 Å². The summed E-state index contributed by atoms with van der Waals surface area (Å²) in [5.41, 5.74) is 3.10. The number of benzene rings is 1. The fourth-order valence-corrected chi connectivity index (χ4v) is 3.63. The molecule has 1 heterocycles. The summed E-state index contributed by atoms with van der Waals surface area (Å²) in [6.45, 7) is 1.92. The highest BCUT2D eigenvalue weighted by Gasteiger charge is 2.37. The van der Waals surface area contributed by atoms with E-state index >= 15 is 0 Å². The van der Waals surface area contributed by atoms with Gasteiger partial charge in [-0.3, -0.25) is 9.29 Å². The first kappa shape index (κ1) is 11.2. The van der Waals surface area contributed by atoms with Gasteiger partial charge in [-0.05, 0) is 43.4 Å². The first-order valence-electron chi connectivity index (χ1n) is 6.78. The summed E-state index contributed by atoms with van der Waals surface area (Å²) in [5, 5.41) is 0. The lowest BCUT2D eigenvalue weighted by atomic mass is 9.79. The fourth-order valence-electron chi connectivity index (χ4n) is 3.63. The van der Waals surface area contributed by atoms with E-state index in [0.29, 0.717) is 18.4 Å². The van der Waals surface area contributed by atoms with E-state index in [9.17, 15) is 4.39 Å². The molecule has 0 amide bonds. The molecule has 1 aromatic carbocycles. The van der Waals surface area contributed by atoms with Crippen molar-refractivity contribution in [1.29, 1.82) is 0 Å². The van der Waals surface area contributed by atoms with Gasteiger partial charge in [0.15, 0.2) is 0 Å². The smallest absolute Gasteiger partial charge is 0.0906 e. The minimum atomic E-state index is -0.176. The van der Waals surface area contributed by atoms with Gasteiger partial charge in [0.25, 0.3) is 0 Å². The van der Waals surface area contributed by atoms with E-state index in [1.54, 1.807) is 11.1 Å². The highest BCUT2D eigenvalue weighted by atomic mass is 19.1. The van der Waals surface area contributed by atoms with Crippen molar-refractivity contribution in [3.63, 3.8) is 0 Å². The zero-order valence-corrected chi connectivity index (χ0v) is 10.2. The van der Waals surface area contributed by atoms with Crippen LogP contribution in [0.4, 0.5) is 4.39 Å². The van der Waals surface area contributed by atoms with Crippen LogP contribution in [0.5, 0.6) is 0 Å². The van der Waals surface area contributed by atoms with Gasteiger partial charge in [0, 0.05) is 18.5 Å². The maximum Gasteiger partial charge on any atom is 0.0906 e. The molecule has 0 spiro atoms. The summed E-state index contributed by atoms with van der Waals surface area (Å²) in [4.78, 5) is 2.51. The molecule has 1 nitrogen and oxygen atoms in total. The van der Waals surface area contributed by atoms with Gasteiger partial charge in [-0.1, -0.05) is 24.3 Å². The maximum absolute atomic E-state index is 12.3. The number of nitrogens with zero attached hydrogens (tertiary/aromatic N) is 1. The lowest BCUT2D eigenvalue weighted by molar-refractivity contribution is 0.217. The number of aryl methyl sites for hydroxylation is 1. The number of halogens is 1. The number of likely N-dealkylation sites (tertiary alicyclic amines) is 1. The number of rotatable bonds is 3. The molecule has 1 aliphatic carbocycles. The van der Waals surface area contributed by atoms with Crippen LogP contribution in [0.3, 0.4) is 0 Å². The van der Waals surface area contributed by atoms with E-state index in [4.69, 9.17) is 0 Å². The average Bonchev–Trinajstić information content (AvgIpc) is 2.80. The molecule has 2 aliphatic rings. The summed E-state index contributed by atoms with van der Waals surface area (Å²) in [6.07, 6.45) is 4.41. The third-order valence-electron chi connectivity index (χ3n) is 4.40. The Balaban J connectivity index is 1.79. The van der Waals surface area contributed by atoms with Crippen LogP contribution in [0.2, 0.25) is 0 Å². The van der Waals surface area contributed by atoms with Crippen LogP contribution in [-0.4, -0.2) is 30.7 Å². The Hall–Kier alpha value is -0.890. The molecule has 1 aromatic rings. The van der Waals surface area contributed by atoms with E-state index in [1.165, 1.54) is 19.3 Å². The van der Waals surface area contributed by atoms with Gasteiger partial charge in [0.1, 0.15) is 0 Å². The highest BCUT2D eigenvalue weighted by Crippen LogP contribution is 2.41. The van der Waals surface area contributed by atoms with E-state index in [-0.39, 0.29) is 6.67 Å². The molecular formula is C15H20FN. The van der Waals surface area contributed by atoms with Gasteiger partial charge in [0.05, 0.1) is 6.67 Å². The summed E-state index contributed by atoms with van der Waals surface area (Å²) >= 11 is 0. The van der Waals surface area contributed by atoms with Gasteiger partial charge in [-0.25, -0.2) is 0 Å². The second kappa shape index (κ2) is 4.77. The van der Waals surface area contributed by atoms with Crippen molar-refractivity contribution in [3.05, 3.63) is 35.4 Å². The van der Waals surface area contributed by atoms with Gasteiger partial charge in [-0.2, -0.15) is 0 Å². The summed E-state index contributed by atoms with van der Waals surface area (Å²) in [5.74, 6) is 0.708. The Morgan fingerprint density at radius 1 is 1.24 bits per heavy atom. The Morgan fingerprint density at radius 3 is 3.00 bits per heavy atom. The molecule has 0 bridgehead atoms. The first-order chi connectivity index (χ1) is 8.40. The van der Waals surface area contributed by atoms with E-state index in [2.05, 4.69) is 29.2 Å². The van der Waals surface area contributed by atoms with Crippen molar-refractivity contribution in [3.8, 4) is 0 Å². The molecule has 0 aromatic heterocycles. The molecule has 0 radical (unpaired) electrons. The first-order valence-corrected chi connectivity index (χ1v) is 6.78. The molecule has 0 unspecified atom stereocenters. The number of alkyl halides is 1. The Morgan fingerprint density at radius 2 is 2.12 bits per heavy atom. The largest absolute Gasteiger partial charge is 0.300 e. The molecule has 17 heavy (non-hydrogen) atoms. The summed E-state index contributed by atoms with van der Waals surface area (Å²) in [6, 6.07) is 9.55. The predicted molar refractivity (Wildman–Crippen MR) is 68.1 cm³/mol. The fraction of sp³-hybridized carbons (Fsp3) is 0.600. The van der Waals surface area contributed by atoms with E-state index in [1.807, 2.05) is 0 Å². The SMILES string of the molecule is FCCCN1CC[C@H]2c3ccccc3CC[C@H]21. The number of hydrogen-bond acceptors (Lipinski definition) is 1. The number of hydrogen-bond donors (Lipinski definition) is 0. The molecule has 2 atom stereocenters. The minimum absolute atomic E-state index is 0.176. The lowest BCUT2D eigenvalue weighted by Gasteiger charge is -2.33. The van der Waals surface area contributed by atoms with Crippen LogP contribution in [0.1, 0.15) is 36.3 Å². The summed E-state index contributed by atoms with van der Waals surface area (Å²) < 4.78 is 12.3. The second-order valence-corrected chi connectivity index (χ2v) is 5.28. The zero-order chi connectivity index (χ0) is 11.7. The molecule has 0 N–H and O–H groups in total. The Labute approximate surface area is 103 Å². The predicted octanol–water partition coefficient (Wildman–Crippen LogP) is 3.15. The van der Waals surface area contributed by atoms with Crippen LogP contribution in [0.25, 0.3) is 0 Å². The van der Waals surface area contributed by atoms with Crippen LogP contribution in [0, 0.1) is 0 Å². The molecule has 0 saturated carbocycles. The van der Waals surface area contributed by atoms with Crippen LogP contribution in [-0.2, 0) is 6.42 Å². The van der Waals surface area contributed by atoms with Crippen molar-refractivity contribution in [1.82, 2.24) is 4.90 Å². The van der Waals surface area contributed by atoms with Crippen molar-refractivity contribution in [2.45, 2.75) is 37.6 Å². The molecule has 3 rings (SSSR count). The van der Waals surface area contributed by atoms with Crippen molar-refractivity contribution < 1.29 is 4.39 Å². The normalized spacial score (nSPS) is 27.8. The standard InChI is InChI=1S/C15H20FN/c16-9-3-10-17-11-8-14-13-5-2-1-4-12(13)6-7-15(14)17/h1-2,4-5,14-15H,3,6-11H2/t14-,15+/m0/s1. The molecule has 2 heteroatoms. The monoisotopic (exact) mass is 233 g/mol. The topological polar surface area (TPSA) is 3.24 Å². The molecule has 92 valence electrons. The van der Waals surface area contributed by atoms with Crippen molar-refractivity contribution in [2.75, 3.05) is 19.8 Å². The molecule has 1 saturated heterocycles. The minimum Gasteiger partial charge on any atom is -0.300 e. The van der Waals surface area contributed by atoms with Gasteiger partial charge < -0.3 is 0 Å². The van der Waals surface area contributed by atoms with Crippen LogP contribution in [0.15, 0.2) is 24.3 Å². The Bertz CT molecular complexity index is 390. The highest BCUT2D eigenvalue weighted by molar-refractivity contribution is 5.35. The third-order valence-corrected chi connectivity index (χ3v) is 4.40. The van der Waals surface area contributed by atoms with Crippen LogP contribution < -0.4 is 0 Å². The molecule has 1 aliphatic heterocycles. The zero-order valence-electron chi connectivity index (χ0n) is 10.2. The molecule has 1 fully saturated rings. The second-order valence-electron chi connectivity index (χ2n) is 5.28. The third kappa shape index (κ3) is 1.99.